The number of ether oxygens (including phenoxy) is 1. The number of halogens is 1. The lowest BCUT2D eigenvalue weighted by atomic mass is 9.88. The molecule has 1 fully saturated rings. The number of hydrogen-bond acceptors (Lipinski definition) is 3. The molecule has 4 rings (SSSR count). The van der Waals surface area contributed by atoms with Crippen LogP contribution in [-0.4, -0.2) is 61.8 Å². The van der Waals surface area contributed by atoms with Gasteiger partial charge in [0, 0.05) is 26.2 Å². The molecule has 0 spiro atoms. The smallest absolute Gasteiger partial charge is 0.320 e. The number of nitrogens with one attached hydrogen (secondary N) is 1. The molecular formula is C22H26FN3O2. The van der Waals surface area contributed by atoms with Crippen LogP contribution in [0.1, 0.15) is 22.7 Å². The number of hydrogen-bond donors (Lipinski definition) is 1. The molecule has 2 heterocycles. The van der Waals surface area contributed by atoms with Crippen molar-refractivity contribution in [2.45, 2.75) is 18.6 Å². The molecule has 2 aromatic rings. The molecule has 1 N–H and O–H groups in total. The quantitative estimate of drug-likeness (QED) is 0.887. The van der Waals surface area contributed by atoms with Crippen LogP contribution in [0.25, 0.3) is 0 Å². The number of likely N-dealkylation sites (N-methyl/N-ethyl adjacent to an activating group) is 1. The lowest BCUT2D eigenvalue weighted by Crippen LogP contribution is -2.54. The van der Waals surface area contributed by atoms with Gasteiger partial charge in [-0.1, -0.05) is 36.4 Å². The number of carbonyl (C=O) groups is 1. The van der Waals surface area contributed by atoms with Gasteiger partial charge in [0.2, 0.25) is 0 Å². The summed E-state index contributed by atoms with van der Waals surface area (Å²) in [6, 6.07) is 14.5. The molecule has 0 aromatic heterocycles. The highest BCUT2D eigenvalue weighted by Gasteiger charge is 2.35. The predicted octanol–water partition coefficient (Wildman–Crippen LogP) is 2.81. The summed E-state index contributed by atoms with van der Waals surface area (Å²) in [5.74, 6) is -0.270. The minimum absolute atomic E-state index is 0.00375. The molecule has 2 aromatic carbocycles. The first-order valence-electron chi connectivity index (χ1n) is 9.82. The number of rotatable bonds is 3. The second kappa shape index (κ2) is 8.29. The molecule has 2 atom stereocenters. The van der Waals surface area contributed by atoms with Crippen molar-refractivity contribution in [3.8, 4) is 0 Å². The molecule has 2 amide bonds. The van der Waals surface area contributed by atoms with E-state index >= 15 is 0 Å². The van der Waals surface area contributed by atoms with Gasteiger partial charge in [0.25, 0.3) is 0 Å². The maximum atomic E-state index is 13.5. The minimum atomic E-state index is -0.270. The van der Waals surface area contributed by atoms with Gasteiger partial charge in [0.15, 0.2) is 0 Å². The fourth-order valence-corrected chi connectivity index (χ4v) is 4.20. The zero-order valence-electron chi connectivity index (χ0n) is 16.1. The molecule has 28 heavy (non-hydrogen) atoms. The predicted molar refractivity (Wildman–Crippen MR) is 106 cm³/mol. The third kappa shape index (κ3) is 3.75. The van der Waals surface area contributed by atoms with Gasteiger partial charge in [-0.15, -0.1) is 0 Å². The molecule has 0 aliphatic carbocycles. The summed E-state index contributed by atoms with van der Waals surface area (Å²) in [7, 11) is 1.89. The standard InChI is InChI=1S/C22H26FN3O2/c1-24-14-19-15-25(12-13-28-19)22(27)26-11-10-16-4-2-3-5-20(16)21(26)17-6-8-18(23)9-7-17/h2-9,19,21,24H,10-15H2,1H3/t19-,21+/m1/s1. The molecular weight excluding hydrogens is 357 g/mol. The van der Waals surface area contributed by atoms with Gasteiger partial charge in [0.1, 0.15) is 5.82 Å². The Hall–Kier alpha value is -2.44. The van der Waals surface area contributed by atoms with Crippen molar-refractivity contribution >= 4 is 6.03 Å². The number of fused-ring (bicyclic) bond motifs is 1. The minimum Gasteiger partial charge on any atom is -0.373 e. The third-order valence-electron chi connectivity index (χ3n) is 5.56. The molecule has 6 heteroatoms. The molecule has 2 aliphatic heterocycles. The van der Waals surface area contributed by atoms with Crippen LogP contribution in [0.2, 0.25) is 0 Å². The summed E-state index contributed by atoms with van der Waals surface area (Å²) in [6.45, 7) is 3.07. The Morgan fingerprint density at radius 3 is 2.75 bits per heavy atom. The molecule has 0 unspecified atom stereocenters. The zero-order chi connectivity index (χ0) is 19.5. The highest BCUT2D eigenvalue weighted by atomic mass is 19.1. The van der Waals surface area contributed by atoms with Crippen LogP contribution in [0.15, 0.2) is 48.5 Å². The average molecular weight is 383 g/mol. The van der Waals surface area contributed by atoms with Gasteiger partial charge < -0.3 is 19.9 Å². The van der Waals surface area contributed by atoms with Crippen molar-refractivity contribution in [3.63, 3.8) is 0 Å². The Bertz CT molecular complexity index is 825. The average Bonchev–Trinajstić information content (AvgIpc) is 2.73. The maximum Gasteiger partial charge on any atom is 0.320 e. The second-order valence-corrected chi connectivity index (χ2v) is 7.38. The van der Waals surface area contributed by atoms with Crippen LogP contribution in [0.5, 0.6) is 0 Å². The fraction of sp³-hybridized carbons (Fsp3) is 0.409. The normalized spacial score (nSPS) is 22.1. The first-order valence-corrected chi connectivity index (χ1v) is 9.82. The Morgan fingerprint density at radius 1 is 1.18 bits per heavy atom. The molecule has 148 valence electrons. The van der Waals surface area contributed by atoms with E-state index < -0.39 is 0 Å². The molecule has 0 saturated carbocycles. The first kappa shape index (κ1) is 18.9. The van der Waals surface area contributed by atoms with E-state index in [1.807, 2.05) is 29.0 Å². The van der Waals surface area contributed by atoms with Gasteiger partial charge in [-0.25, -0.2) is 9.18 Å². The Balaban J connectivity index is 1.65. The van der Waals surface area contributed by atoms with E-state index in [0.29, 0.717) is 32.8 Å². The maximum absolute atomic E-state index is 13.5. The summed E-state index contributed by atoms with van der Waals surface area (Å²) in [5, 5.41) is 3.12. The highest BCUT2D eigenvalue weighted by Crippen LogP contribution is 2.36. The van der Waals surface area contributed by atoms with E-state index in [-0.39, 0.29) is 24.0 Å². The lowest BCUT2D eigenvalue weighted by Gasteiger charge is -2.42. The van der Waals surface area contributed by atoms with E-state index in [1.54, 1.807) is 12.1 Å². The van der Waals surface area contributed by atoms with E-state index in [9.17, 15) is 9.18 Å². The van der Waals surface area contributed by atoms with Gasteiger partial charge in [-0.05, 0) is 42.3 Å². The Labute approximate surface area is 165 Å². The van der Waals surface area contributed by atoms with Crippen LogP contribution < -0.4 is 5.32 Å². The number of morpholine rings is 1. The lowest BCUT2D eigenvalue weighted by molar-refractivity contribution is -0.0186. The van der Waals surface area contributed by atoms with Gasteiger partial charge in [-0.2, -0.15) is 0 Å². The van der Waals surface area contributed by atoms with E-state index in [4.69, 9.17) is 4.74 Å². The third-order valence-corrected chi connectivity index (χ3v) is 5.56. The molecule has 0 bridgehead atoms. The SMILES string of the molecule is CNC[C@@H]1CN(C(=O)N2CCc3ccccc3[C@@H]2c2ccc(F)cc2)CCO1. The number of nitrogens with zero attached hydrogens (tertiary/aromatic N) is 2. The van der Waals surface area contributed by atoms with Crippen molar-refractivity contribution in [2.24, 2.45) is 0 Å². The van der Waals surface area contributed by atoms with Crippen LogP contribution in [0.4, 0.5) is 9.18 Å². The Kier molecular flexibility index (Phi) is 5.59. The van der Waals surface area contributed by atoms with Crippen LogP contribution >= 0.6 is 0 Å². The number of amides is 2. The van der Waals surface area contributed by atoms with Gasteiger partial charge in [-0.3, -0.25) is 0 Å². The van der Waals surface area contributed by atoms with Crippen LogP contribution in [0.3, 0.4) is 0 Å². The summed E-state index contributed by atoms with van der Waals surface area (Å²) in [5.41, 5.74) is 3.30. The number of carbonyl (C=O) groups excluding carboxylic acids is 1. The van der Waals surface area contributed by atoms with E-state index in [2.05, 4.69) is 17.4 Å². The number of benzene rings is 2. The van der Waals surface area contributed by atoms with E-state index in [0.717, 1.165) is 17.5 Å². The zero-order valence-corrected chi connectivity index (χ0v) is 16.1. The van der Waals surface area contributed by atoms with Crippen LogP contribution in [-0.2, 0) is 11.2 Å². The Morgan fingerprint density at radius 2 is 1.96 bits per heavy atom. The van der Waals surface area contributed by atoms with Gasteiger partial charge in [0.05, 0.1) is 18.8 Å². The largest absolute Gasteiger partial charge is 0.373 e. The summed E-state index contributed by atoms with van der Waals surface area (Å²) in [4.78, 5) is 17.3. The first-order chi connectivity index (χ1) is 13.7. The van der Waals surface area contributed by atoms with Crippen molar-refractivity contribution in [1.82, 2.24) is 15.1 Å². The fourth-order valence-electron chi connectivity index (χ4n) is 4.20. The molecule has 1 saturated heterocycles. The highest BCUT2D eigenvalue weighted by molar-refractivity contribution is 5.76. The van der Waals surface area contributed by atoms with Crippen LogP contribution in [0, 0.1) is 5.82 Å². The molecule has 2 aliphatic rings. The topological polar surface area (TPSA) is 44.8 Å². The van der Waals surface area contributed by atoms with E-state index in [1.165, 1.54) is 17.7 Å². The molecule has 0 radical (unpaired) electrons. The van der Waals surface area contributed by atoms with Crippen molar-refractivity contribution in [1.29, 1.82) is 0 Å². The second-order valence-electron chi connectivity index (χ2n) is 7.38. The monoisotopic (exact) mass is 383 g/mol. The van der Waals surface area contributed by atoms with Gasteiger partial charge >= 0.3 is 6.03 Å². The summed E-state index contributed by atoms with van der Waals surface area (Å²) in [6.07, 6.45) is 0.827. The summed E-state index contributed by atoms with van der Waals surface area (Å²) >= 11 is 0. The summed E-state index contributed by atoms with van der Waals surface area (Å²) < 4.78 is 19.3. The molecule has 5 nitrogen and oxygen atoms in total. The van der Waals surface area contributed by atoms with Crippen molar-refractivity contribution in [2.75, 3.05) is 39.8 Å². The van der Waals surface area contributed by atoms with Crippen molar-refractivity contribution in [3.05, 3.63) is 71.0 Å². The number of urea groups is 1. The van der Waals surface area contributed by atoms with Crippen molar-refractivity contribution < 1.29 is 13.9 Å².